The lowest BCUT2D eigenvalue weighted by Crippen LogP contribution is -2.48. The van der Waals surface area contributed by atoms with Crippen LogP contribution in [0, 0.1) is 0 Å². The highest BCUT2D eigenvalue weighted by Crippen LogP contribution is 2.38. The number of allylic oxidation sites excluding steroid dienone is 5. The normalized spacial score (nSPS) is 20.4. The standard InChI is InChI=1S/C29H26F3N3O4S/c30-29(31,32)25-10-3-1-2-4-15-28(39-25)16-19-35(20-17-28)27(36)22-11-13-23(14-12-22)34-40(37,38)24-9-5-7-21-8-6-18-33-26(21)24/h1-14,18,34H,15-17,19-20H2/b3-1-,4-2+,25-10-. The molecule has 208 valence electrons. The van der Waals surface area contributed by atoms with E-state index in [1.54, 1.807) is 41.3 Å². The minimum Gasteiger partial charge on any atom is -0.482 e. The Balaban J connectivity index is 1.26. The molecule has 5 rings (SSSR count). The number of pyridine rings is 1. The molecule has 1 spiro atoms. The van der Waals surface area contributed by atoms with Crippen molar-refractivity contribution < 1.29 is 31.1 Å². The molecule has 0 atom stereocenters. The number of fused-ring (bicyclic) bond motifs is 1. The van der Waals surface area contributed by atoms with Gasteiger partial charge in [-0.3, -0.25) is 14.5 Å². The number of sulfonamides is 1. The van der Waals surface area contributed by atoms with Crippen LogP contribution in [0.15, 0.2) is 102 Å². The van der Waals surface area contributed by atoms with Crippen LogP contribution in [0.2, 0.25) is 0 Å². The predicted molar refractivity (Wildman–Crippen MR) is 145 cm³/mol. The van der Waals surface area contributed by atoms with E-state index in [0.717, 1.165) is 6.08 Å². The summed E-state index contributed by atoms with van der Waals surface area (Å²) in [6, 6.07) is 14.4. The Hall–Kier alpha value is -4.12. The second kappa shape index (κ2) is 10.8. The van der Waals surface area contributed by atoms with E-state index in [-0.39, 0.29) is 48.8 Å². The van der Waals surface area contributed by atoms with Crippen LogP contribution in [0.1, 0.15) is 29.6 Å². The Morgan fingerprint density at radius 2 is 1.70 bits per heavy atom. The highest BCUT2D eigenvalue weighted by atomic mass is 32.2. The Bertz CT molecular complexity index is 1600. The van der Waals surface area contributed by atoms with E-state index in [4.69, 9.17) is 4.74 Å². The highest BCUT2D eigenvalue weighted by Gasteiger charge is 2.44. The third-order valence-electron chi connectivity index (χ3n) is 6.93. The zero-order valence-corrected chi connectivity index (χ0v) is 22.1. The minimum atomic E-state index is -4.62. The SMILES string of the molecule is O=C(c1ccc(NS(=O)(=O)c2cccc3cccnc23)cc1)N1CCC2(C/C=C/C=C\C=C(\C(F)(F)F)O2)CC1. The second-order valence-corrected chi connectivity index (χ2v) is 11.3. The van der Waals surface area contributed by atoms with Gasteiger partial charge >= 0.3 is 6.18 Å². The summed E-state index contributed by atoms with van der Waals surface area (Å²) in [6.45, 7) is 0.432. The molecule has 0 aliphatic carbocycles. The topological polar surface area (TPSA) is 88.6 Å². The number of hydrogen-bond acceptors (Lipinski definition) is 5. The van der Waals surface area contributed by atoms with Gasteiger partial charge in [-0.1, -0.05) is 42.5 Å². The van der Waals surface area contributed by atoms with Gasteiger partial charge < -0.3 is 9.64 Å². The Kier molecular flexibility index (Phi) is 7.41. The van der Waals surface area contributed by atoms with E-state index in [1.807, 2.05) is 0 Å². The first-order valence-corrected chi connectivity index (χ1v) is 14.1. The molecule has 1 fully saturated rings. The lowest BCUT2D eigenvalue weighted by Gasteiger charge is -2.42. The number of anilines is 1. The number of likely N-dealkylation sites (tertiary alicyclic amines) is 1. The molecule has 1 saturated heterocycles. The van der Waals surface area contributed by atoms with Crippen LogP contribution < -0.4 is 4.72 Å². The van der Waals surface area contributed by atoms with Crippen molar-refractivity contribution in [2.75, 3.05) is 17.8 Å². The summed E-state index contributed by atoms with van der Waals surface area (Å²) in [7, 11) is -3.95. The van der Waals surface area contributed by atoms with E-state index in [9.17, 15) is 26.4 Å². The smallest absolute Gasteiger partial charge is 0.448 e. The van der Waals surface area contributed by atoms with E-state index >= 15 is 0 Å². The summed E-state index contributed by atoms with van der Waals surface area (Å²) in [5.41, 5.74) is -0.117. The van der Waals surface area contributed by atoms with Crippen LogP contribution in [-0.2, 0) is 14.8 Å². The number of ether oxygens (including phenoxy) is 1. The number of alkyl halides is 3. The number of halogens is 3. The van der Waals surface area contributed by atoms with Crippen molar-refractivity contribution in [2.45, 2.75) is 35.9 Å². The van der Waals surface area contributed by atoms with Gasteiger partial charge in [0.1, 0.15) is 10.5 Å². The maximum Gasteiger partial charge on any atom is 0.448 e. The first kappa shape index (κ1) is 27.4. The van der Waals surface area contributed by atoms with Crippen molar-refractivity contribution in [3.05, 3.63) is 102 Å². The van der Waals surface area contributed by atoms with E-state index in [2.05, 4.69) is 9.71 Å². The molecule has 2 aliphatic heterocycles. The molecule has 3 heterocycles. The number of piperidine rings is 1. The summed E-state index contributed by atoms with van der Waals surface area (Å²) >= 11 is 0. The van der Waals surface area contributed by atoms with E-state index in [1.165, 1.54) is 48.7 Å². The highest BCUT2D eigenvalue weighted by molar-refractivity contribution is 7.93. The molecule has 40 heavy (non-hydrogen) atoms. The maximum atomic E-state index is 13.5. The number of para-hydroxylation sites is 1. The zero-order chi connectivity index (χ0) is 28.4. The first-order valence-electron chi connectivity index (χ1n) is 12.6. The summed E-state index contributed by atoms with van der Waals surface area (Å²) in [5.74, 6) is -1.35. The molecule has 7 nitrogen and oxygen atoms in total. The molecule has 1 aromatic heterocycles. The van der Waals surface area contributed by atoms with Crippen molar-refractivity contribution in [3.8, 4) is 0 Å². The third-order valence-corrected chi connectivity index (χ3v) is 8.35. The van der Waals surface area contributed by atoms with Crippen molar-refractivity contribution in [1.29, 1.82) is 0 Å². The summed E-state index contributed by atoms with van der Waals surface area (Å²) in [4.78, 5) is 19.0. The average molecular weight is 570 g/mol. The van der Waals surface area contributed by atoms with Crippen molar-refractivity contribution in [2.24, 2.45) is 0 Å². The minimum absolute atomic E-state index is 0.0364. The van der Waals surface area contributed by atoms with Crippen LogP contribution in [0.25, 0.3) is 10.9 Å². The largest absolute Gasteiger partial charge is 0.482 e. The van der Waals surface area contributed by atoms with Crippen molar-refractivity contribution in [1.82, 2.24) is 9.88 Å². The predicted octanol–water partition coefficient (Wildman–Crippen LogP) is 5.99. The molecular formula is C29H26F3N3O4S. The lowest BCUT2D eigenvalue weighted by atomic mass is 9.87. The Labute approximate surface area is 229 Å². The molecular weight excluding hydrogens is 543 g/mol. The average Bonchev–Trinajstić information content (AvgIpc) is 3.04. The molecule has 0 radical (unpaired) electrons. The number of carbonyl (C=O) groups is 1. The molecule has 1 N–H and O–H groups in total. The fourth-order valence-corrected chi connectivity index (χ4v) is 6.06. The van der Waals surface area contributed by atoms with E-state index < -0.39 is 27.6 Å². The number of nitrogens with zero attached hydrogens (tertiary/aromatic N) is 2. The summed E-state index contributed by atoms with van der Waals surface area (Å²) in [6.07, 6.45) is 4.84. The van der Waals surface area contributed by atoms with Crippen LogP contribution in [-0.4, -0.2) is 49.1 Å². The second-order valence-electron chi connectivity index (χ2n) is 9.64. The Morgan fingerprint density at radius 3 is 2.42 bits per heavy atom. The van der Waals surface area contributed by atoms with Crippen LogP contribution in [0.5, 0.6) is 0 Å². The van der Waals surface area contributed by atoms with Gasteiger partial charge in [-0.2, -0.15) is 13.2 Å². The number of benzene rings is 2. The van der Waals surface area contributed by atoms with Gasteiger partial charge in [-0.05, 0) is 42.5 Å². The van der Waals surface area contributed by atoms with Crippen molar-refractivity contribution in [3.63, 3.8) is 0 Å². The van der Waals surface area contributed by atoms with Crippen LogP contribution in [0.4, 0.5) is 18.9 Å². The van der Waals surface area contributed by atoms with Gasteiger partial charge in [0, 0.05) is 55.2 Å². The van der Waals surface area contributed by atoms with Gasteiger partial charge in [0.05, 0.1) is 5.52 Å². The summed E-state index contributed by atoms with van der Waals surface area (Å²) < 4.78 is 74.7. The Morgan fingerprint density at radius 1 is 0.975 bits per heavy atom. The lowest BCUT2D eigenvalue weighted by molar-refractivity contribution is -0.164. The van der Waals surface area contributed by atoms with Crippen LogP contribution in [0.3, 0.4) is 0 Å². The third kappa shape index (κ3) is 5.89. The molecule has 3 aromatic rings. The molecule has 0 saturated carbocycles. The fourth-order valence-electron chi connectivity index (χ4n) is 4.82. The quantitative estimate of drug-likeness (QED) is 0.417. The first-order chi connectivity index (χ1) is 19.1. The molecule has 1 amide bonds. The number of nitrogens with one attached hydrogen (secondary N) is 1. The fraction of sp³-hybridized carbons (Fsp3) is 0.241. The molecule has 0 bridgehead atoms. The number of rotatable bonds is 4. The maximum absolute atomic E-state index is 13.5. The number of hydrogen-bond donors (Lipinski definition) is 1. The zero-order valence-electron chi connectivity index (χ0n) is 21.3. The molecule has 11 heteroatoms. The number of carbonyl (C=O) groups excluding carboxylic acids is 1. The van der Waals surface area contributed by atoms with Gasteiger partial charge in [0.15, 0.2) is 0 Å². The van der Waals surface area contributed by atoms with E-state index in [0.29, 0.717) is 16.5 Å². The van der Waals surface area contributed by atoms with Crippen LogP contribution >= 0.6 is 0 Å². The van der Waals surface area contributed by atoms with Gasteiger partial charge in [-0.15, -0.1) is 0 Å². The monoisotopic (exact) mass is 569 g/mol. The van der Waals surface area contributed by atoms with Gasteiger partial charge in [0.25, 0.3) is 15.9 Å². The number of amides is 1. The number of aromatic nitrogens is 1. The molecule has 2 aromatic carbocycles. The van der Waals surface area contributed by atoms with Gasteiger partial charge in [-0.25, -0.2) is 8.42 Å². The molecule has 2 aliphatic rings. The molecule has 0 unspecified atom stereocenters. The van der Waals surface area contributed by atoms with Crippen molar-refractivity contribution >= 4 is 32.5 Å². The summed E-state index contributed by atoms with van der Waals surface area (Å²) in [5, 5.41) is 0.688. The van der Waals surface area contributed by atoms with Gasteiger partial charge in [0.2, 0.25) is 5.76 Å².